The van der Waals surface area contributed by atoms with Gasteiger partial charge in [0.2, 0.25) is 5.91 Å². The molecule has 0 aliphatic heterocycles. The molecule has 0 saturated heterocycles. The van der Waals surface area contributed by atoms with E-state index in [1.165, 1.54) is 6.92 Å². The number of hydrogen-bond acceptors (Lipinski definition) is 2. The Balaban J connectivity index is 2.20. The van der Waals surface area contributed by atoms with Gasteiger partial charge in [-0.15, -0.1) is 0 Å². The SMILES string of the molecule is CC(=O)Nc1ccccc1C(=O)Nc1ccc(Cl)cc1. The van der Waals surface area contributed by atoms with Gasteiger partial charge in [0.1, 0.15) is 0 Å². The minimum Gasteiger partial charge on any atom is -0.326 e. The second-order valence-electron chi connectivity index (χ2n) is 4.19. The minimum absolute atomic E-state index is 0.225. The third-order valence-corrected chi connectivity index (χ3v) is 2.84. The lowest BCUT2D eigenvalue weighted by Crippen LogP contribution is -2.16. The van der Waals surface area contributed by atoms with Crippen LogP contribution in [0.2, 0.25) is 5.02 Å². The predicted octanol–water partition coefficient (Wildman–Crippen LogP) is 3.55. The van der Waals surface area contributed by atoms with Crippen LogP contribution in [0.1, 0.15) is 17.3 Å². The molecule has 0 bridgehead atoms. The Kier molecular flexibility index (Phi) is 4.38. The van der Waals surface area contributed by atoms with Crippen molar-refractivity contribution in [2.45, 2.75) is 6.92 Å². The van der Waals surface area contributed by atoms with Gasteiger partial charge in [-0.1, -0.05) is 23.7 Å². The zero-order valence-corrected chi connectivity index (χ0v) is 11.6. The monoisotopic (exact) mass is 288 g/mol. The number of carbonyl (C=O) groups is 2. The van der Waals surface area contributed by atoms with Gasteiger partial charge in [0.05, 0.1) is 11.3 Å². The van der Waals surface area contributed by atoms with Gasteiger partial charge in [-0.25, -0.2) is 0 Å². The fraction of sp³-hybridized carbons (Fsp3) is 0.0667. The summed E-state index contributed by atoms with van der Waals surface area (Å²) in [6, 6.07) is 13.6. The molecular formula is C15H13ClN2O2. The van der Waals surface area contributed by atoms with E-state index in [1.54, 1.807) is 48.5 Å². The van der Waals surface area contributed by atoms with E-state index in [-0.39, 0.29) is 11.8 Å². The fourth-order valence-corrected chi connectivity index (χ4v) is 1.84. The summed E-state index contributed by atoms with van der Waals surface area (Å²) in [6.07, 6.45) is 0. The first-order valence-electron chi connectivity index (χ1n) is 6.00. The Morgan fingerprint density at radius 3 is 2.25 bits per heavy atom. The van der Waals surface area contributed by atoms with Crippen LogP contribution in [0.5, 0.6) is 0 Å². The molecule has 2 N–H and O–H groups in total. The van der Waals surface area contributed by atoms with Crippen molar-refractivity contribution < 1.29 is 9.59 Å². The maximum Gasteiger partial charge on any atom is 0.257 e. The highest BCUT2D eigenvalue weighted by Gasteiger charge is 2.11. The highest BCUT2D eigenvalue weighted by atomic mass is 35.5. The Morgan fingerprint density at radius 1 is 0.950 bits per heavy atom. The minimum atomic E-state index is -0.295. The van der Waals surface area contributed by atoms with Crippen LogP contribution < -0.4 is 10.6 Å². The number of amides is 2. The molecule has 0 unspecified atom stereocenters. The van der Waals surface area contributed by atoms with Crippen molar-refractivity contribution in [1.29, 1.82) is 0 Å². The zero-order chi connectivity index (χ0) is 14.5. The smallest absolute Gasteiger partial charge is 0.257 e. The van der Waals surface area contributed by atoms with Crippen LogP contribution in [-0.4, -0.2) is 11.8 Å². The van der Waals surface area contributed by atoms with Crippen molar-refractivity contribution in [1.82, 2.24) is 0 Å². The summed E-state index contributed by atoms with van der Waals surface area (Å²) in [7, 11) is 0. The molecule has 0 atom stereocenters. The van der Waals surface area contributed by atoms with Crippen molar-refractivity contribution in [2.24, 2.45) is 0 Å². The average molecular weight is 289 g/mol. The van der Waals surface area contributed by atoms with Crippen LogP contribution in [0.4, 0.5) is 11.4 Å². The average Bonchev–Trinajstić information content (AvgIpc) is 2.41. The molecule has 0 aliphatic rings. The second-order valence-corrected chi connectivity index (χ2v) is 4.62. The molecule has 0 saturated carbocycles. The van der Waals surface area contributed by atoms with Crippen molar-refractivity contribution in [3.8, 4) is 0 Å². The fourth-order valence-electron chi connectivity index (χ4n) is 1.71. The first-order valence-corrected chi connectivity index (χ1v) is 6.37. The topological polar surface area (TPSA) is 58.2 Å². The summed E-state index contributed by atoms with van der Waals surface area (Å²) in [4.78, 5) is 23.3. The summed E-state index contributed by atoms with van der Waals surface area (Å²) in [5, 5.41) is 5.98. The number of carbonyl (C=O) groups excluding carboxylic acids is 2. The van der Waals surface area contributed by atoms with Crippen LogP contribution >= 0.6 is 11.6 Å². The molecule has 20 heavy (non-hydrogen) atoms. The normalized spacial score (nSPS) is 9.90. The summed E-state index contributed by atoms with van der Waals surface area (Å²) in [5.41, 5.74) is 1.51. The zero-order valence-electron chi connectivity index (χ0n) is 10.8. The van der Waals surface area contributed by atoms with E-state index in [1.807, 2.05) is 0 Å². The standard InChI is InChI=1S/C15H13ClN2O2/c1-10(19)17-14-5-3-2-4-13(14)15(20)18-12-8-6-11(16)7-9-12/h2-9H,1H3,(H,17,19)(H,18,20). The number of halogens is 1. The molecule has 0 aromatic heterocycles. The molecule has 2 rings (SSSR count). The van der Waals surface area contributed by atoms with E-state index in [0.29, 0.717) is 22.0 Å². The van der Waals surface area contributed by atoms with E-state index in [4.69, 9.17) is 11.6 Å². The van der Waals surface area contributed by atoms with Crippen LogP contribution in [0.15, 0.2) is 48.5 Å². The van der Waals surface area contributed by atoms with Gasteiger partial charge < -0.3 is 10.6 Å². The molecule has 0 aliphatic carbocycles. The molecule has 0 fully saturated rings. The maximum absolute atomic E-state index is 12.2. The van der Waals surface area contributed by atoms with E-state index < -0.39 is 0 Å². The molecule has 2 aromatic carbocycles. The number of anilines is 2. The number of nitrogens with one attached hydrogen (secondary N) is 2. The Morgan fingerprint density at radius 2 is 1.60 bits per heavy atom. The van der Waals surface area contributed by atoms with Gasteiger partial charge in [-0.3, -0.25) is 9.59 Å². The predicted molar refractivity (Wildman–Crippen MR) is 80.2 cm³/mol. The highest BCUT2D eigenvalue weighted by molar-refractivity contribution is 6.30. The Bertz CT molecular complexity index is 639. The van der Waals surface area contributed by atoms with E-state index >= 15 is 0 Å². The molecule has 4 nitrogen and oxygen atoms in total. The molecule has 0 spiro atoms. The van der Waals surface area contributed by atoms with Crippen LogP contribution in [0.25, 0.3) is 0 Å². The molecular weight excluding hydrogens is 276 g/mol. The molecule has 5 heteroatoms. The molecule has 2 aromatic rings. The van der Waals surface area contributed by atoms with E-state index in [0.717, 1.165) is 0 Å². The van der Waals surface area contributed by atoms with Crippen molar-refractivity contribution in [3.63, 3.8) is 0 Å². The van der Waals surface area contributed by atoms with Crippen LogP contribution in [-0.2, 0) is 4.79 Å². The number of hydrogen-bond donors (Lipinski definition) is 2. The Hall–Kier alpha value is -2.33. The lowest BCUT2D eigenvalue weighted by molar-refractivity contribution is -0.114. The van der Waals surface area contributed by atoms with Gasteiger partial charge in [0.15, 0.2) is 0 Å². The lowest BCUT2D eigenvalue weighted by Gasteiger charge is -2.10. The summed E-state index contributed by atoms with van der Waals surface area (Å²) in [5.74, 6) is -0.520. The van der Waals surface area contributed by atoms with Crippen LogP contribution in [0, 0.1) is 0 Å². The quantitative estimate of drug-likeness (QED) is 0.907. The van der Waals surface area contributed by atoms with E-state index in [9.17, 15) is 9.59 Å². The third kappa shape index (κ3) is 3.59. The van der Waals surface area contributed by atoms with Crippen LogP contribution in [0.3, 0.4) is 0 Å². The summed E-state index contributed by atoms with van der Waals surface area (Å²) in [6.45, 7) is 1.40. The van der Waals surface area contributed by atoms with Gasteiger partial charge >= 0.3 is 0 Å². The summed E-state index contributed by atoms with van der Waals surface area (Å²) < 4.78 is 0. The van der Waals surface area contributed by atoms with Gasteiger partial charge in [-0.05, 0) is 36.4 Å². The van der Waals surface area contributed by atoms with E-state index in [2.05, 4.69) is 10.6 Å². The van der Waals surface area contributed by atoms with Gasteiger partial charge in [-0.2, -0.15) is 0 Å². The lowest BCUT2D eigenvalue weighted by atomic mass is 10.1. The van der Waals surface area contributed by atoms with Gasteiger partial charge in [0, 0.05) is 17.6 Å². The molecule has 102 valence electrons. The van der Waals surface area contributed by atoms with Crippen molar-refractivity contribution >= 4 is 34.8 Å². The third-order valence-electron chi connectivity index (χ3n) is 2.58. The Labute approximate surface area is 121 Å². The number of para-hydroxylation sites is 1. The second kappa shape index (κ2) is 6.21. The number of benzene rings is 2. The highest BCUT2D eigenvalue weighted by Crippen LogP contribution is 2.18. The first kappa shape index (κ1) is 14.1. The maximum atomic E-state index is 12.2. The largest absolute Gasteiger partial charge is 0.326 e. The first-order chi connectivity index (χ1) is 9.56. The molecule has 0 radical (unpaired) electrons. The van der Waals surface area contributed by atoms with Crippen molar-refractivity contribution in [2.75, 3.05) is 10.6 Å². The molecule has 0 heterocycles. The summed E-state index contributed by atoms with van der Waals surface area (Å²) >= 11 is 5.79. The number of rotatable bonds is 3. The molecule has 2 amide bonds. The van der Waals surface area contributed by atoms with Gasteiger partial charge in [0.25, 0.3) is 5.91 Å². The van der Waals surface area contributed by atoms with Crippen molar-refractivity contribution in [3.05, 3.63) is 59.1 Å².